The summed E-state index contributed by atoms with van der Waals surface area (Å²) in [7, 11) is -0.112. The molecule has 0 N–H and O–H groups in total. The summed E-state index contributed by atoms with van der Waals surface area (Å²) in [4.78, 5) is 0. The van der Waals surface area contributed by atoms with E-state index < -0.39 is 15.4 Å². The lowest BCUT2D eigenvalue weighted by molar-refractivity contribution is 0.307. The molecule has 0 amide bonds. The van der Waals surface area contributed by atoms with Crippen LogP contribution in [0.5, 0.6) is 11.5 Å². The van der Waals surface area contributed by atoms with Gasteiger partial charge in [0.05, 0.1) is 20.5 Å². The van der Waals surface area contributed by atoms with Gasteiger partial charge in [-0.05, 0) is 11.6 Å². The van der Waals surface area contributed by atoms with Gasteiger partial charge in [-0.25, -0.2) is 8.42 Å². The Labute approximate surface area is 126 Å². The van der Waals surface area contributed by atoms with E-state index in [2.05, 4.69) is 6.58 Å². The van der Waals surface area contributed by atoms with E-state index in [0.29, 0.717) is 24.6 Å². The van der Waals surface area contributed by atoms with Gasteiger partial charge in [-0.2, -0.15) is 4.31 Å². The Hall–Kier alpha value is -1.53. The fourth-order valence-corrected chi connectivity index (χ4v) is 3.67. The van der Waals surface area contributed by atoms with E-state index in [4.69, 9.17) is 9.47 Å². The summed E-state index contributed by atoms with van der Waals surface area (Å²) in [6.07, 6.45) is 3.00. The van der Waals surface area contributed by atoms with Crippen molar-refractivity contribution in [3.8, 4) is 11.5 Å². The standard InChI is InChI=1S/C15H21NO4S/c1-6-15(2)10-16(21(5,17)18)9-11-7-12(19-3)8-13(20-4)14(11)15/h6-8H,1,9-10H2,2-5H3. The van der Waals surface area contributed by atoms with E-state index in [1.54, 1.807) is 20.3 Å². The highest BCUT2D eigenvalue weighted by Crippen LogP contribution is 2.43. The molecule has 0 aliphatic carbocycles. The molecule has 0 bridgehead atoms. The number of methoxy groups -OCH3 is 2. The highest BCUT2D eigenvalue weighted by atomic mass is 32.2. The number of hydrogen-bond donors (Lipinski definition) is 0. The Morgan fingerprint density at radius 1 is 1.33 bits per heavy atom. The number of benzene rings is 1. The normalized spacial score (nSPS) is 22.5. The van der Waals surface area contributed by atoms with Gasteiger partial charge in [-0.3, -0.25) is 0 Å². The minimum absolute atomic E-state index is 0.311. The lowest BCUT2D eigenvalue weighted by atomic mass is 9.77. The molecule has 2 rings (SSSR count). The van der Waals surface area contributed by atoms with E-state index in [0.717, 1.165) is 11.1 Å². The van der Waals surface area contributed by atoms with Gasteiger partial charge in [-0.15, -0.1) is 6.58 Å². The molecule has 0 fully saturated rings. The highest BCUT2D eigenvalue weighted by Gasteiger charge is 2.39. The van der Waals surface area contributed by atoms with Crippen molar-refractivity contribution in [1.82, 2.24) is 4.31 Å². The first-order valence-electron chi connectivity index (χ1n) is 6.59. The van der Waals surface area contributed by atoms with Crippen molar-refractivity contribution >= 4 is 10.0 Å². The molecule has 1 aliphatic heterocycles. The zero-order chi connectivity index (χ0) is 15.8. The van der Waals surface area contributed by atoms with Crippen LogP contribution in [0, 0.1) is 0 Å². The molecule has 21 heavy (non-hydrogen) atoms. The van der Waals surface area contributed by atoms with Gasteiger partial charge in [0.1, 0.15) is 11.5 Å². The number of ether oxygens (including phenoxy) is 2. The monoisotopic (exact) mass is 311 g/mol. The third-order valence-corrected chi connectivity index (χ3v) is 5.15. The van der Waals surface area contributed by atoms with E-state index in [1.165, 1.54) is 10.6 Å². The lowest BCUT2D eigenvalue weighted by Gasteiger charge is -2.40. The first kappa shape index (κ1) is 15.9. The van der Waals surface area contributed by atoms with Gasteiger partial charge in [0.15, 0.2) is 0 Å². The quantitative estimate of drug-likeness (QED) is 0.797. The van der Waals surface area contributed by atoms with E-state index in [1.807, 2.05) is 19.1 Å². The minimum Gasteiger partial charge on any atom is -0.497 e. The van der Waals surface area contributed by atoms with Gasteiger partial charge >= 0.3 is 0 Å². The maximum atomic E-state index is 11.9. The topological polar surface area (TPSA) is 55.8 Å². The van der Waals surface area contributed by atoms with E-state index in [9.17, 15) is 8.42 Å². The van der Waals surface area contributed by atoms with Crippen LogP contribution in [0.2, 0.25) is 0 Å². The average molecular weight is 311 g/mol. The number of nitrogens with zero attached hydrogens (tertiary/aromatic N) is 1. The predicted octanol–water partition coefficient (Wildman–Crippen LogP) is 1.92. The zero-order valence-electron chi connectivity index (χ0n) is 12.8. The molecule has 5 nitrogen and oxygen atoms in total. The fourth-order valence-electron chi connectivity index (χ4n) is 2.79. The Kier molecular flexibility index (Phi) is 4.04. The van der Waals surface area contributed by atoms with Gasteiger partial charge in [0, 0.05) is 30.1 Å². The van der Waals surface area contributed by atoms with E-state index in [-0.39, 0.29) is 0 Å². The first-order valence-corrected chi connectivity index (χ1v) is 8.44. The van der Waals surface area contributed by atoms with Crippen molar-refractivity contribution in [3.63, 3.8) is 0 Å². The van der Waals surface area contributed by atoms with Crippen molar-refractivity contribution in [1.29, 1.82) is 0 Å². The second-order valence-electron chi connectivity index (χ2n) is 5.52. The van der Waals surface area contributed by atoms with Crippen LogP contribution in [-0.4, -0.2) is 39.7 Å². The molecular weight excluding hydrogens is 290 g/mol. The predicted molar refractivity (Wildman–Crippen MR) is 82.3 cm³/mol. The maximum Gasteiger partial charge on any atom is 0.211 e. The molecule has 0 radical (unpaired) electrons. The summed E-state index contributed by atoms with van der Waals surface area (Å²) in [6, 6.07) is 3.67. The molecule has 1 unspecified atom stereocenters. The minimum atomic E-state index is -3.28. The Morgan fingerprint density at radius 2 is 2.00 bits per heavy atom. The van der Waals surface area contributed by atoms with Crippen LogP contribution < -0.4 is 9.47 Å². The molecule has 0 saturated carbocycles. The van der Waals surface area contributed by atoms with E-state index >= 15 is 0 Å². The molecule has 0 saturated heterocycles. The molecule has 1 aromatic rings. The summed E-state index contributed by atoms with van der Waals surface area (Å²) in [5, 5.41) is 0. The Bertz CT molecular complexity index is 668. The fraction of sp³-hybridized carbons (Fsp3) is 0.467. The molecule has 1 aliphatic rings. The number of rotatable bonds is 4. The molecule has 6 heteroatoms. The van der Waals surface area contributed by atoms with Crippen molar-refractivity contribution in [2.75, 3.05) is 27.0 Å². The first-order chi connectivity index (χ1) is 9.75. The molecule has 1 atom stereocenters. The lowest BCUT2D eigenvalue weighted by Crippen LogP contribution is -2.45. The van der Waals surface area contributed by atoms with Gasteiger partial charge in [0.2, 0.25) is 10.0 Å². The number of fused-ring (bicyclic) bond motifs is 1. The summed E-state index contributed by atoms with van der Waals surface area (Å²) < 4.78 is 36.1. The molecular formula is C15H21NO4S. The Balaban J connectivity index is 2.69. The third-order valence-electron chi connectivity index (χ3n) is 3.96. The number of sulfonamides is 1. The van der Waals surface area contributed by atoms with Crippen LogP contribution in [0.15, 0.2) is 24.8 Å². The van der Waals surface area contributed by atoms with Crippen LogP contribution in [0.4, 0.5) is 0 Å². The Morgan fingerprint density at radius 3 is 2.48 bits per heavy atom. The van der Waals surface area contributed by atoms with Crippen molar-refractivity contribution in [3.05, 3.63) is 35.9 Å². The van der Waals surface area contributed by atoms with Gasteiger partial charge in [0.25, 0.3) is 0 Å². The average Bonchev–Trinajstić information content (AvgIpc) is 2.44. The van der Waals surface area contributed by atoms with Crippen LogP contribution >= 0.6 is 0 Å². The zero-order valence-corrected chi connectivity index (χ0v) is 13.7. The molecule has 0 spiro atoms. The largest absolute Gasteiger partial charge is 0.497 e. The molecule has 1 heterocycles. The maximum absolute atomic E-state index is 11.9. The summed E-state index contributed by atoms with van der Waals surface area (Å²) in [6.45, 7) is 6.51. The van der Waals surface area contributed by atoms with Crippen LogP contribution in [0.25, 0.3) is 0 Å². The summed E-state index contributed by atoms with van der Waals surface area (Å²) in [5.41, 5.74) is 1.35. The second-order valence-corrected chi connectivity index (χ2v) is 7.50. The van der Waals surface area contributed by atoms with Crippen LogP contribution in [-0.2, 0) is 22.0 Å². The highest BCUT2D eigenvalue weighted by molar-refractivity contribution is 7.88. The molecule has 1 aromatic carbocycles. The van der Waals surface area contributed by atoms with Gasteiger partial charge in [-0.1, -0.05) is 13.0 Å². The van der Waals surface area contributed by atoms with Crippen LogP contribution in [0.1, 0.15) is 18.1 Å². The summed E-state index contributed by atoms with van der Waals surface area (Å²) in [5.74, 6) is 1.34. The van der Waals surface area contributed by atoms with Crippen molar-refractivity contribution in [2.24, 2.45) is 0 Å². The number of hydrogen-bond acceptors (Lipinski definition) is 4. The van der Waals surface area contributed by atoms with Crippen molar-refractivity contribution in [2.45, 2.75) is 18.9 Å². The molecule has 0 aromatic heterocycles. The van der Waals surface area contributed by atoms with Gasteiger partial charge < -0.3 is 9.47 Å². The van der Waals surface area contributed by atoms with Crippen molar-refractivity contribution < 1.29 is 17.9 Å². The van der Waals surface area contributed by atoms with Crippen LogP contribution in [0.3, 0.4) is 0 Å². The molecule has 116 valence electrons. The summed E-state index contributed by atoms with van der Waals surface area (Å²) >= 11 is 0. The smallest absolute Gasteiger partial charge is 0.211 e. The second kappa shape index (κ2) is 5.35. The third kappa shape index (κ3) is 2.78. The SMILES string of the molecule is C=CC1(C)CN(S(C)(=O)=O)Cc2cc(OC)cc(OC)c21.